The van der Waals surface area contributed by atoms with Gasteiger partial charge in [0.1, 0.15) is 5.82 Å². The molecule has 0 unspecified atom stereocenters. The smallest absolute Gasteiger partial charge is 0.317 e. The first-order valence-corrected chi connectivity index (χ1v) is 7.58. The van der Waals surface area contributed by atoms with Crippen molar-refractivity contribution in [2.45, 2.75) is 26.6 Å². The van der Waals surface area contributed by atoms with Gasteiger partial charge in [-0.05, 0) is 13.0 Å². The Morgan fingerprint density at radius 3 is 2.83 bits per heavy atom. The topological polar surface area (TPSA) is 79.2 Å². The second-order valence-corrected chi connectivity index (χ2v) is 5.79. The summed E-state index contributed by atoms with van der Waals surface area (Å²) in [6, 6.07) is 1.92. The number of nitrogens with one attached hydrogen (secondary N) is 1. The summed E-state index contributed by atoms with van der Waals surface area (Å²) in [5.41, 5.74) is 2.92. The van der Waals surface area contributed by atoms with Crippen molar-refractivity contribution in [1.29, 1.82) is 0 Å². The molecular formula is C15H21N7O. The van der Waals surface area contributed by atoms with E-state index in [1.807, 2.05) is 17.7 Å². The van der Waals surface area contributed by atoms with Crippen LogP contribution < -0.4 is 10.2 Å². The van der Waals surface area contributed by atoms with Gasteiger partial charge in [0.2, 0.25) is 0 Å². The lowest BCUT2D eigenvalue weighted by Gasteiger charge is -2.29. The minimum atomic E-state index is -0.118. The van der Waals surface area contributed by atoms with Gasteiger partial charge < -0.3 is 15.1 Å². The zero-order valence-corrected chi connectivity index (χ0v) is 13.7. The zero-order chi connectivity index (χ0) is 16.4. The maximum Gasteiger partial charge on any atom is 0.317 e. The Morgan fingerprint density at radius 2 is 2.09 bits per heavy atom. The van der Waals surface area contributed by atoms with Crippen LogP contribution in [0.5, 0.6) is 0 Å². The zero-order valence-electron chi connectivity index (χ0n) is 13.7. The van der Waals surface area contributed by atoms with Crippen molar-refractivity contribution in [3.05, 3.63) is 35.5 Å². The van der Waals surface area contributed by atoms with E-state index in [0.717, 1.165) is 42.5 Å². The van der Waals surface area contributed by atoms with Gasteiger partial charge in [0.25, 0.3) is 0 Å². The average Bonchev–Trinajstić information content (AvgIpc) is 2.94. The van der Waals surface area contributed by atoms with Gasteiger partial charge in [0.15, 0.2) is 0 Å². The normalized spacial score (nSPS) is 13.6. The Morgan fingerprint density at radius 1 is 1.30 bits per heavy atom. The fraction of sp³-hybridized carbons (Fsp3) is 0.467. The number of aromatic nitrogens is 4. The number of rotatable bonds is 3. The predicted molar refractivity (Wildman–Crippen MR) is 86.0 cm³/mol. The molecule has 0 radical (unpaired) electrons. The molecule has 0 atom stereocenters. The fourth-order valence-electron chi connectivity index (χ4n) is 2.63. The number of carbonyl (C=O) groups excluding carboxylic acids is 1. The van der Waals surface area contributed by atoms with Crippen LogP contribution in [0.15, 0.2) is 18.5 Å². The molecule has 0 aromatic carbocycles. The first-order valence-electron chi connectivity index (χ1n) is 7.58. The third-order valence-corrected chi connectivity index (χ3v) is 3.83. The Balaban J connectivity index is 1.70. The van der Waals surface area contributed by atoms with Crippen molar-refractivity contribution in [3.63, 3.8) is 0 Å². The molecule has 2 amide bonds. The number of amides is 2. The van der Waals surface area contributed by atoms with Crippen LogP contribution in [0.1, 0.15) is 17.1 Å². The Hall–Kier alpha value is -2.64. The number of hydrogen-bond donors (Lipinski definition) is 1. The van der Waals surface area contributed by atoms with E-state index in [-0.39, 0.29) is 6.03 Å². The van der Waals surface area contributed by atoms with Crippen LogP contribution in [-0.4, -0.2) is 51.3 Å². The number of hydrogen-bond acceptors (Lipinski definition) is 5. The van der Waals surface area contributed by atoms with Gasteiger partial charge in [-0.15, -0.1) is 0 Å². The third kappa shape index (κ3) is 3.25. The molecule has 0 saturated heterocycles. The summed E-state index contributed by atoms with van der Waals surface area (Å²) in [6.07, 6.45) is 3.43. The molecule has 0 aliphatic carbocycles. The summed E-state index contributed by atoms with van der Waals surface area (Å²) in [4.78, 5) is 24.0. The molecule has 1 aliphatic rings. The molecule has 23 heavy (non-hydrogen) atoms. The van der Waals surface area contributed by atoms with Crippen LogP contribution in [0.3, 0.4) is 0 Å². The molecule has 122 valence electrons. The molecule has 0 saturated carbocycles. The van der Waals surface area contributed by atoms with Crippen molar-refractivity contribution in [1.82, 2.24) is 30.0 Å². The Kier molecular flexibility index (Phi) is 4.14. The van der Waals surface area contributed by atoms with E-state index >= 15 is 0 Å². The lowest BCUT2D eigenvalue weighted by molar-refractivity contribution is 0.217. The van der Waals surface area contributed by atoms with Crippen molar-refractivity contribution >= 4 is 11.8 Å². The van der Waals surface area contributed by atoms with E-state index < -0.39 is 0 Å². The van der Waals surface area contributed by atoms with E-state index in [0.29, 0.717) is 6.54 Å². The molecule has 1 aliphatic heterocycles. The van der Waals surface area contributed by atoms with Crippen molar-refractivity contribution in [3.8, 4) is 0 Å². The maximum absolute atomic E-state index is 11.6. The molecule has 1 N–H and O–H groups in total. The molecule has 0 fully saturated rings. The van der Waals surface area contributed by atoms with Crippen LogP contribution in [0, 0.1) is 6.92 Å². The second kappa shape index (κ2) is 6.23. The lowest BCUT2D eigenvalue weighted by Crippen LogP contribution is -2.35. The standard InChI is InChI=1S/C15H21N7O/c1-11-14(17-5-4-16-11)21-6-7-22-13(10-21)8-12(19-22)9-18-15(23)20(2)3/h4-5,8H,6-7,9-10H2,1-3H3,(H,18,23). The monoisotopic (exact) mass is 315 g/mol. The summed E-state index contributed by atoms with van der Waals surface area (Å²) in [7, 11) is 3.43. The molecule has 8 heteroatoms. The number of urea groups is 1. The van der Waals surface area contributed by atoms with Crippen LogP contribution in [-0.2, 0) is 19.6 Å². The van der Waals surface area contributed by atoms with Gasteiger partial charge in [-0.25, -0.2) is 9.78 Å². The van der Waals surface area contributed by atoms with Gasteiger partial charge in [-0.2, -0.15) is 5.10 Å². The first-order chi connectivity index (χ1) is 11.0. The third-order valence-electron chi connectivity index (χ3n) is 3.83. The van der Waals surface area contributed by atoms with Crippen LogP contribution >= 0.6 is 0 Å². The highest BCUT2D eigenvalue weighted by Crippen LogP contribution is 2.21. The molecular weight excluding hydrogens is 294 g/mol. The van der Waals surface area contributed by atoms with E-state index in [1.54, 1.807) is 26.5 Å². The van der Waals surface area contributed by atoms with Crippen LogP contribution in [0.25, 0.3) is 0 Å². The predicted octanol–water partition coefficient (Wildman–Crippen LogP) is 0.773. The number of aryl methyl sites for hydroxylation is 1. The lowest BCUT2D eigenvalue weighted by atomic mass is 10.2. The quantitative estimate of drug-likeness (QED) is 0.905. The minimum absolute atomic E-state index is 0.118. The maximum atomic E-state index is 11.6. The van der Waals surface area contributed by atoms with Gasteiger partial charge >= 0.3 is 6.03 Å². The van der Waals surface area contributed by atoms with E-state index in [4.69, 9.17) is 0 Å². The van der Waals surface area contributed by atoms with Gasteiger partial charge in [-0.1, -0.05) is 0 Å². The molecule has 2 aromatic rings. The van der Waals surface area contributed by atoms with Gasteiger partial charge in [0, 0.05) is 33.0 Å². The van der Waals surface area contributed by atoms with Crippen molar-refractivity contribution in [2.75, 3.05) is 25.5 Å². The van der Waals surface area contributed by atoms with Crippen LogP contribution in [0.2, 0.25) is 0 Å². The SMILES string of the molecule is Cc1nccnc1N1CCn2nc(CNC(=O)N(C)C)cc2C1. The molecule has 3 heterocycles. The number of anilines is 1. The van der Waals surface area contributed by atoms with Gasteiger partial charge in [0.05, 0.1) is 36.7 Å². The Labute approximate surface area is 135 Å². The number of carbonyl (C=O) groups is 1. The van der Waals surface area contributed by atoms with Crippen molar-refractivity contribution < 1.29 is 4.79 Å². The summed E-state index contributed by atoms with van der Waals surface area (Å²) in [6.45, 7) is 4.79. The van der Waals surface area contributed by atoms with Crippen molar-refractivity contribution in [2.24, 2.45) is 0 Å². The summed E-state index contributed by atoms with van der Waals surface area (Å²) in [5, 5.41) is 7.39. The highest BCUT2D eigenvalue weighted by Gasteiger charge is 2.21. The highest BCUT2D eigenvalue weighted by atomic mass is 16.2. The molecule has 0 bridgehead atoms. The average molecular weight is 315 g/mol. The largest absolute Gasteiger partial charge is 0.347 e. The summed E-state index contributed by atoms with van der Waals surface area (Å²) >= 11 is 0. The second-order valence-electron chi connectivity index (χ2n) is 5.79. The number of fused-ring (bicyclic) bond motifs is 1. The summed E-state index contributed by atoms with van der Waals surface area (Å²) in [5.74, 6) is 0.919. The Bertz CT molecular complexity index is 710. The summed E-state index contributed by atoms with van der Waals surface area (Å²) < 4.78 is 2.00. The number of nitrogens with zero attached hydrogens (tertiary/aromatic N) is 6. The highest BCUT2D eigenvalue weighted by molar-refractivity contribution is 5.73. The molecule has 0 spiro atoms. The molecule has 8 nitrogen and oxygen atoms in total. The molecule has 3 rings (SSSR count). The molecule has 2 aromatic heterocycles. The van der Waals surface area contributed by atoms with Gasteiger partial charge in [-0.3, -0.25) is 9.67 Å². The first kappa shape index (κ1) is 15.3. The minimum Gasteiger partial charge on any atom is -0.347 e. The van der Waals surface area contributed by atoms with Crippen LogP contribution in [0.4, 0.5) is 10.6 Å². The van der Waals surface area contributed by atoms with E-state index in [9.17, 15) is 4.79 Å². The van der Waals surface area contributed by atoms with E-state index in [1.165, 1.54) is 4.90 Å². The van der Waals surface area contributed by atoms with E-state index in [2.05, 4.69) is 25.3 Å². The fourth-order valence-corrected chi connectivity index (χ4v) is 2.63.